The molecule has 56 heavy (non-hydrogen) atoms. The summed E-state index contributed by atoms with van der Waals surface area (Å²) in [4.78, 5) is 0. The molecule has 0 aliphatic carbocycles. The number of benzene rings is 7. The zero-order valence-corrected chi connectivity index (χ0v) is 33.5. The molecule has 0 unspecified atom stereocenters. The lowest BCUT2D eigenvalue weighted by Gasteiger charge is -2.29. The average Bonchev–Trinajstić information content (AvgIpc) is 3.21. The minimum absolute atomic E-state index is 0.655. The predicted octanol–water partition coefficient (Wildman–Crippen LogP) is 10.8. The second-order valence-corrected chi connectivity index (χ2v) is 20.2. The normalized spacial score (nSPS) is 14.6. The van der Waals surface area contributed by atoms with Crippen LogP contribution in [0.25, 0.3) is 24.3 Å². The van der Waals surface area contributed by atoms with Gasteiger partial charge in [-0.3, -0.25) is 0 Å². The largest absolute Gasteiger partial charge is 0.456 e. The van der Waals surface area contributed by atoms with Crippen molar-refractivity contribution in [2.24, 2.45) is 0 Å². The molecule has 2 aliphatic heterocycles. The van der Waals surface area contributed by atoms with Crippen LogP contribution in [0.2, 0.25) is 0 Å². The van der Waals surface area contributed by atoms with Crippen LogP contribution in [-0.4, -0.2) is 0 Å². The summed E-state index contributed by atoms with van der Waals surface area (Å²) in [6, 6.07) is 48.2. The Morgan fingerprint density at radius 3 is 0.821 bits per heavy atom. The Hall–Kier alpha value is -5.92. The van der Waals surface area contributed by atoms with E-state index in [9.17, 15) is 0 Å². The minimum Gasteiger partial charge on any atom is -0.456 e. The van der Waals surface area contributed by atoms with Crippen molar-refractivity contribution < 1.29 is 18.6 Å². The van der Waals surface area contributed by atoms with Crippen LogP contribution in [0.4, 0.5) is 0 Å². The highest BCUT2D eigenvalue weighted by Gasteiger charge is 2.40. The van der Waals surface area contributed by atoms with Gasteiger partial charge in [0.1, 0.15) is 23.0 Å². The van der Waals surface area contributed by atoms with Crippen molar-refractivity contribution in [2.45, 2.75) is 27.7 Å². The van der Waals surface area contributed by atoms with Gasteiger partial charge in [-0.25, -0.2) is 0 Å². The van der Waals surface area contributed by atoms with Gasteiger partial charge in [-0.2, -0.15) is 0 Å². The molecule has 0 aromatic heterocycles. The van der Waals surface area contributed by atoms with Crippen LogP contribution in [0.1, 0.15) is 44.5 Å². The highest BCUT2D eigenvalue weighted by Crippen LogP contribution is 2.53. The first-order valence-electron chi connectivity index (χ1n) is 18.8. The maximum Gasteiger partial charge on any atom is 0.178 e. The molecule has 274 valence electrons. The van der Waals surface area contributed by atoms with Crippen molar-refractivity contribution in [3.05, 3.63) is 190 Å². The summed E-state index contributed by atoms with van der Waals surface area (Å²) >= 11 is 0. The van der Waals surface area contributed by atoms with Gasteiger partial charge in [-0.15, -0.1) is 0 Å². The summed E-state index contributed by atoms with van der Waals surface area (Å²) in [5.41, 5.74) is 8.40. The fourth-order valence-corrected chi connectivity index (χ4v) is 13.6. The van der Waals surface area contributed by atoms with E-state index in [1.54, 1.807) is 0 Å². The number of hydrogen-bond acceptors (Lipinski definition) is 4. The number of rotatable bonds is 6. The van der Waals surface area contributed by atoms with Crippen LogP contribution in [0, 0.1) is 27.7 Å². The molecule has 0 radical (unpaired) electrons. The van der Waals surface area contributed by atoms with Gasteiger partial charge in [-0.1, -0.05) is 144 Å². The number of fused-ring (bicyclic) bond motifs is 4. The molecule has 0 saturated carbocycles. The van der Waals surface area contributed by atoms with Gasteiger partial charge in [0.2, 0.25) is 0 Å². The van der Waals surface area contributed by atoms with Crippen molar-refractivity contribution in [2.75, 3.05) is 0 Å². The Balaban J connectivity index is 0.916. The van der Waals surface area contributed by atoms with Crippen molar-refractivity contribution in [1.29, 1.82) is 0 Å². The first-order chi connectivity index (χ1) is 27.1. The zero-order valence-electron chi connectivity index (χ0n) is 31.7. The van der Waals surface area contributed by atoms with Gasteiger partial charge in [0.05, 0.1) is 21.2 Å². The van der Waals surface area contributed by atoms with Gasteiger partial charge >= 0.3 is 0 Å². The molecule has 0 fully saturated rings. The lowest BCUT2D eigenvalue weighted by molar-refractivity contribution is 0.484. The van der Waals surface area contributed by atoms with E-state index < -0.39 is 14.3 Å². The molecule has 0 atom stereocenters. The van der Waals surface area contributed by atoms with Gasteiger partial charge in [-0.05, 0) is 98.5 Å². The maximum atomic E-state index is 15.1. The predicted molar refractivity (Wildman–Crippen MR) is 235 cm³/mol. The fourth-order valence-electron chi connectivity index (χ4n) is 7.59. The summed E-state index contributed by atoms with van der Waals surface area (Å²) in [6.07, 6.45) is 8.34. The van der Waals surface area contributed by atoms with Gasteiger partial charge in [0.25, 0.3) is 0 Å². The molecule has 9 rings (SSSR count). The monoisotopic (exact) mass is 766 g/mol. The first kappa shape index (κ1) is 35.8. The van der Waals surface area contributed by atoms with Crippen LogP contribution in [0.15, 0.2) is 146 Å². The molecule has 6 heteroatoms. The molecule has 7 aromatic rings. The Kier molecular flexibility index (Phi) is 8.93. The molecule has 2 heterocycles. The quantitative estimate of drug-likeness (QED) is 0.125. The van der Waals surface area contributed by atoms with Crippen molar-refractivity contribution >= 4 is 70.4 Å². The summed E-state index contributed by atoms with van der Waals surface area (Å²) in [7, 11) is -6.29. The number of aryl methyl sites for hydroxylation is 4. The van der Waals surface area contributed by atoms with Gasteiger partial charge < -0.3 is 18.6 Å². The van der Waals surface area contributed by atoms with Crippen LogP contribution >= 0.6 is 14.3 Å². The van der Waals surface area contributed by atoms with E-state index >= 15 is 9.13 Å². The third-order valence-corrected chi connectivity index (χ3v) is 16.8. The van der Waals surface area contributed by atoms with Crippen LogP contribution in [0.3, 0.4) is 0 Å². The van der Waals surface area contributed by atoms with Crippen molar-refractivity contribution in [1.82, 2.24) is 0 Å². The summed E-state index contributed by atoms with van der Waals surface area (Å²) in [6.45, 7) is 8.08. The van der Waals surface area contributed by atoms with Gasteiger partial charge in [0.15, 0.2) is 14.3 Å². The van der Waals surface area contributed by atoms with Crippen molar-refractivity contribution in [3.8, 4) is 23.0 Å². The standard InChI is InChI=1S/C50H40O4P2/c1-33-5-25-43-47(29-33)55(51,48-30-34(2)6-26-44(48)53-43)41-21-17-39(18-22-41)15-13-37-9-11-38(12-10-37)14-16-40-19-23-42(24-20-40)56(52)49-31-35(3)7-27-45(49)54-46-28-8-36(4)32-50(46)56/h5-32H,1-4H3/b15-13+,16-14+. The molecular formula is C50H40O4P2. The second-order valence-electron chi connectivity index (χ2n) is 14.8. The van der Waals surface area contributed by atoms with Crippen LogP contribution in [-0.2, 0) is 9.13 Å². The number of hydrogen-bond donors (Lipinski definition) is 0. The van der Waals surface area contributed by atoms with Crippen LogP contribution < -0.4 is 41.3 Å². The lowest BCUT2D eigenvalue weighted by Crippen LogP contribution is -2.31. The SMILES string of the molecule is Cc1ccc2c(c1)P(=O)(c1ccc(/C=C/c3ccc(/C=C/c4ccc(P5(=O)c6cc(C)ccc6Oc6ccc(C)cc65)cc4)cc3)cc1)c1cc(C)ccc1O2. The summed E-state index contributed by atoms with van der Waals surface area (Å²) < 4.78 is 42.7. The van der Waals surface area contributed by atoms with Crippen molar-refractivity contribution in [3.63, 3.8) is 0 Å². The topological polar surface area (TPSA) is 52.6 Å². The third kappa shape index (κ3) is 6.30. The lowest BCUT2D eigenvalue weighted by atomic mass is 10.1. The second kappa shape index (κ2) is 14.0. The zero-order chi connectivity index (χ0) is 38.6. The molecule has 0 bridgehead atoms. The maximum absolute atomic E-state index is 15.1. The average molecular weight is 767 g/mol. The molecule has 0 saturated heterocycles. The smallest absolute Gasteiger partial charge is 0.178 e. The molecule has 7 aromatic carbocycles. The van der Waals surface area contributed by atoms with E-state index in [1.807, 2.05) is 149 Å². The van der Waals surface area contributed by atoms with E-state index in [2.05, 4.69) is 48.6 Å². The Bertz CT molecular complexity index is 2520. The highest BCUT2D eigenvalue weighted by molar-refractivity contribution is 7.86. The van der Waals surface area contributed by atoms with E-state index in [-0.39, 0.29) is 0 Å². The molecule has 2 aliphatic rings. The molecule has 0 spiro atoms. The van der Waals surface area contributed by atoms with Gasteiger partial charge in [0, 0.05) is 10.6 Å². The molecule has 4 nitrogen and oxygen atoms in total. The minimum atomic E-state index is -3.14. The Morgan fingerprint density at radius 1 is 0.339 bits per heavy atom. The van der Waals surface area contributed by atoms with E-state index in [4.69, 9.17) is 9.47 Å². The summed E-state index contributed by atoms with van der Waals surface area (Å²) in [5, 5.41) is 4.58. The van der Waals surface area contributed by atoms with E-state index in [0.717, 1.165) is 76.3 Å². The first-order valence-corrected chi connectivity index (χ1v) is 22.2. The Morgan fingerprint density at radius 2 is 0.571 bits per heavy atom. The van der Waals surface area contributed by atoms with E-state index in [0.29, 0.717) is 23.0 Å². The highest BCUT2D eigenvalue weighted by atomic mass is 31.2. The number of ether oxygens (including phenoxy) is 2. The molecular weight excluding hydrogens is 726 g/mol. The summed E-state index contributed by atoms with van der Waals surface area (Å²) in [5.74, 6) is 2.62. The molecule has 0 N–H and O–H groups in total. The fraction of sp³-hybridized carbons (Fsp3) is 0.0800. The molecule has 0 amide bonds. The van der Waals surface area contributed by atoms with Crippen LogP contribution in [0.5, 0.6) is 23.0 Å². The van der Waals surface area contributed by atoms with E-state index in [1.165, 1.54) is 0 Å². The third-order valence-electron chi connectivity index (χ3n) is 10.6. The Labute approximate surface area is 328 Å².